The predicted octanol–water partition coefficient (Wildman–Crippen LogP) is 2.17. The lowest BCUT2D eigenvalue weighted by Gasteiger charge is -1.82. The fourth-order valence-corrected chi connectivity index (χ4v) is 0.428. The van der Waals surface area contributed by atoms with E-state index in [-0.39, 0.29) is 0 Å². The molecule has 0 amide bonds. The highest BCUT2D eigenvalue weighted by Crippen LogP contribution is 1.79. The highest BCUT2D eigenvalue weighted by molar-refractivity contribution is 5.92. The highest BCUT2D eigenvalue weighted by atomic mass is 14.7. The topological polar surface area (TPSA) is 12.4 Å². The molecular weight excluding hydrogens is 98.1 g/mol. The van der Waals surface area contributed by atoms with Crippen LogP contribution < -0.4 is 0 Å². The van der Waals surface area contributed by atoms with Crippen LogP contribution in [-0.4, -0.2) is 5.71 Å². The van der Waals surface area contributed by atoms with Gasteiger partial charge in [-0.15, -0.1) is 0 Å². The van der Waals surface area contributed by atoms with Gasteiger partial charge >= 0.3 is 0 Å². The molecule has 0 spiro atoms. The molecule has 8 heavy (non-hydrogen) atoms. The van der Waals surface area contributed by atoms with Crippen molar-refractivity contribution >= 4 is 5.71 Å². The normalized spacial score (nSPS) is 12.5. The third-order valence-electron chi connectivity index (χ3n) is 0.703. The highest BCUT2D eigenvalue weighted by Gasteiger charge is 1.73. The van der Waals surface area contributed by atoms with Crippen molar-refractivity contribution in [2.24, 2.45) is 4.99 Å². The Morgan fingerprint density at radius 2 is 2.25 bits per heavy atom. The lowest BCUT2D eigenvalue weighted by molar-refractivity contribution is 1.55. The van der Waals surface area contributed by atoms with Crippen LogP contribution in [0, 0.1) is 0 Å². The molecule has 0 aliphatic rings. The van der Waals surface area contributed by atoms with E-state index in [9.17, 15) is 0 Å². The van der Waals surface area contributed by atoms with Gasteiger partial charge < -0.3 is 0 Å². The summed E-state index contributed by atoms with van der Waals surface area (Å²) in [5.41, 5.74) is 0.988. The van der Waals surface area contributed by atoms with Crippen molar-refractivity contribution in [3.63, 3.8) is 0 Å². The molecule has 0 aliphatic carbocycles. The zero-order valence-electron chi connectivity index (χ0n) is 5.39. The predicted molar refractivity (Wildman–Crippen MR) is 38.1 cm³/mol. The van der Waals surface area contributed by atoms with Crippen molar-refractivity contribution in [1.29, 1.82) is 0 Å². The molecule has 0 unspecified atom stereocenters. The first kappa shape index (κ1) is 7.15. The standard InChI is InChI=1S/C7H11N/c1-4-6-7(3)8-5-2/h4-6H,2H2,1,3H3/b6-4-,8-7?. The summed E-state index contributed by atoms with van der Waals surface area (Å²) >= 11 is 0. The molecule has 0 atom stereocenters. The van der Waals surface area contributed by atoms with E-state index in [2.05, 4.69) is 11.6 Å². The van der Waals surface area contributed by atoms with Gasteiger partial charge in [-0.2, -0.15) is 0 Å². The number of hydrogen-bond donors (Lipinski definition) is 0. The van der Waals surface area contributed by atoms with Crippen molar-refractivity contribution in [1.82, 2.24) is 0 Å². The summed E-state index contributed by atoms with van der Waals surface area (Å²) in [5.74, 6) is 0. The summed E-state index contributed by atoms with van der Waals surface area (Å²) in [7, 11) is 0. The molecule has 44 valence electrons. The third kappa shape index (κ3) is 3.34. The van der Waals surface area contributed by atoms with Crippen LogP contribution in [0.3, 0.4) is 0 Å². The number of hydrogen-bond acceptors (Lipinski definition) is 1. The summed E-state index contributed by atoms with van der Waals surface area (Å²) in [6.07, 6.45) is 5.42. The first-order valence-electron chi connectivity index (χ1n) is 2.59. The first-order chi connectivity index (χ1) is 3.81. The van der Waals surface area contributed by atoms with Crippen LogP contribution >= 0.6 is 0 Å². The van der Waals surface area contributed by atoms with Gasteiger partial charge in [0.1, 0.15) is 0 Å². The molecule has 0 N–H and O–H groups in total. The van der Waals surface area contributed by atoms with Crippen LogP contribution in [0.5, 0.6) is 0 Å². The van der Waals surface area contributed by atoms with Crippen LogP contribution in [0.15, 0.2) is 29.9 Å². The summed E-state index contributed by atoms with van der Waals surface area (Å²) in [5, 5.41) is 0. The van der Waals surface area contributed by atoms with Crippen LogP contribution in [0.25, 0.3) is 0 Å². The molecule has 0 aromatic carbocycles. The monoisotopic (exact) mass is 109 g/mol. The Bertz CT molecular complexity index is 120. The Kier molecular flexibility index (Phi) is 3.85. The van der Waals surface area contributed by atoms with E-state index < -0.39 is 0 Å². The molecule has 0 aromatic heterocycles. The van der Waals surface area contributed by atoms with Crippen LogP contribution in [0.2, 0.25) is 0 Å². The molecular formula is C7H11N. The van der Waals surface area contributed by atoms with E-state index in [0.29, 0.717) is 0 Å². The molecule has 0 fully saturated rings. The largest absolute Gasteiger partial charge is 0.262 e. The van der Waals surface area contributed by atoms with E-state index >= 15 is 0 Å². The number of nitrogens with zero attached hydrogens (tertiary/aromatic N) is 1. The number of allylic oxidation sites excluding steroid dienone is 2. The summed E-state index contributed by atoms with van der Waals surface area (Å²) in [4.78, 5) is 3.91. The zero-order valence-corrected chi connectivity index (χ0v) is 5.39. The molecule has 0 aromatic rings. The Morgan fingerprint density at radius 1 is 1.62 bits per heavy atom. The maximum absolute atomic E-state index is 3.91. The summed E-state index contributed by atoms with van der Waals surface area (Å²) in [6.45, 7) is 7.35. The fourth-order valence-electron chi connectivity index (χ4n) is 0.428. The second-order valence-corrected chi connectivity index (χ2v) is 1.45. The smallest absolute Gasteiger partial charge is 0.0369 e. The van der Waals surface area contributed by atoms with Gasteiger partial charge in [0.25, 0.3) is 0 Å². The van der Waals surface area contributed by atoms with Gasteiger partial charge in [-0.05, 0) is 19.9 Å². The zero-order chi connectivity index (χ0) is 6.41. The average molecular weight is 109 g/mol. The van der Waals surface area contributed by atoms with Crippen LogP contribution in [-0.2, 0) is 0 Å². The average Bonchev–Trinajstić information content (AvgIpc) is 1.68. The molecule has 0 radical (unpaired) electrons. The Hall–Kier alpha value is -0.850. The van der Waals surface area contributed by atoms with E-state index in [1.54, 1.807) is 0 Å². The van der Waals surface area contributed by atoms with Crippen molar-refractivity contribution < 1.29 is 0 Å². The molecule has 0 rings (SSSR count). The number of rotatable bonds is 2. The van der Waals surface area contributed by atoms with Crippen molar-refractivity contribution in [2.45, 2.75) is 13.8 Å². The van der Waals surface area contributed by atoms with Crippen LogP contribution in [0.4, 0.5) is 0 Å². The van der Waals surface area contributed by atoms with Gasteiger partial charge in [0.2, 0.25) is 0 Å². The van der Waals surface area contributed by atoms with Gasteiger partial charge in [-0.3, -0.25) is 4.99 Å². The molecule has 0 saturated heterocycles. The minimum atomic E-state index is 0.988. The van der Waals surface area contributed by atoms with E-state index in [1.807, 2.05) is 26.0 Å². The molecule has 1 nitrogen and oxygen atoms in total. The first-order valence-corrected chi connectivity index (χ1v) is 2.59. The van der Waals surface area contributed by atoms with Gasteiger partial charge in [0.05, 0.1) is 0 Å². The molecule has 0 saturated carbocycles. The molecule has 1 heteroatoms. The fraction of sp³-hybridized carbons (Fsp3) is 0.286. The van der Waals surface area contributed by atoms with Crippen molar-refractivity contribution in [2.75, 3.05) is 0 Å². The van der Waals surface area contributed by atoms with Crippen molar-refractivity contribution in [3.05, 3.63) is 24.9 Å². The lowest BCUT2D eigenvalue weighted by Crippen LogP contribution is -1.79. The van der Waals surface area contributed by atoms with Gasteiger partial charge in [-0.1, -0.05) is 12.7 Å². The quantitative estimate of drug-likeness (QED) is 0.482. The van der Waals surface area contributed by atoms with E-state index in [4.69, 9.17) is 0 Å². The minimum absolute atomic E-state index is 0.988. The third-order valence-corrected chi connectivity index (χ3v) is 0.703. The Morgan fingerprint density at radius 3 is 2.62 bits per heavy atom. The van der Waals surface area contributed by atoms with Gasteiger partial charge in [-0.25, -0.2) is 0 Å². The van der Waals surface area contributed by atoms with E-state index in [0.717, 1.165) is 5.71 Å². The molecule has 0 heterocycles. The van der Waals surface area contributed by atoms with Crippen molar-refractivity contribution in [3.8, 4) is 0 Å². The molecule has 0 aliphatic heterocycles. The minimum Gasteiger partial charge on any atom is -0.262 e. The Labute approximate surface area is 50.4 Å². The SMILES string of the molecule is C=CN=C(C)/C=C\C. The van der Waals surface area contributed by atoms with E-state index in [1.165, 1.54) is 6.20 Å². The summed E-state index contributed by atoms with van der Waals surface area (Å²) in [6, 6.07) is 0. The van der Waals surface area contributed by atoms with Gasteiger partial charge in [0, 0.05) is 11.9 Å². The Balaban J connectivity index is 3.79. The maximum atomic E-state index is 3.91. The maximum Gasteiger partial charge on any atom is 0.0369 e. The second-order valence-electron chi connectivity index (χ2n) is 1.45. The second kappa shape index (κ2) is 4.31. The van der Waals surface area contributed by atoms with Crippen LogP contribution in [0.1, 0.15) is 13.8 Å². The lowest BCUT2D eigenvalue weighted by atomic mass is 10.4. The molecule has 0 bridgehead atoms. The number of aliphatic imine (C=N–C) groups is 1. The van der Waals surface area contributed by atoms with Gasteiger partial charge in [0.15, 0.2) is 0 Å². The summed E-state index contributed by atoms with van der Waals surface area (Å²) < 4.78 is 0.